The predicted octanol–water partition coefficient (Wildman–Crippen LogP) is 4.81. The molecule has 1 atom stereocenters. The number of carbonyl (C=O) groups is 2. The van der Waals surface area contributed by atoms with Crippen molar-refractivity contribution < 1.29 is 19.8 Å². The van der Waals surface area contributed by atoms with E-state index >= 15 is 0 Å². The maximum absolute atomic E-state index is 10.9. The van der Waals surface area contributed by atoms with Crippen LogP contribution in [0.2, 0.25) is 0 Å². The van der Waals surface area contributed by atoms with Gasteiger partial charge < -0.3 is 10.2 Å². The molecule has 22 heavy (non-hydrogen) atoms. The Hall–Kier alpha value is -1.58. The molecule has 0 aromatic heterocycles. The highest BCUT2D eigenvalue weighted by Crippen LogP contribution is 2.12. The van der Waals surface area contributed by atoms with Crippen LogP contribution in [0.4, 0.5) is 0 Å². The van der Waals surface area contributed by atoms with E-state index in [1.807, 2.05) is 13.0 Å². The molecule has 0 saturated carbocycles. The number of carboxylic acids is 2. The molecule has 0 aliphatic heterocycles. The average molecular weight is 310 g/mol. The summed E-state index contributed by atoms with van der Waals surface area (Å²) in [4.78, 5) is 21.4. The van der Waals surface area contributed by atoms with Crippen molar-refractivity contribution in [1.82, 2.24) is 0 Å². The standard InChI is InChI=1S/C18H30O4/c1-2-3-4-5-6-7-8-9-10-11-12-13-14-16(18(21)22)15-17(19)20/h2-3,12-13,16H,4-11,14-15H2,1H3,(H,19,20)(H,21,22)/b3-2+,13-12+. The first-order chi connectivity index (χ1) is 10.6. The largest absolute Gasteiger partial charge is 0.481 e. The fourth-order valence-electron chi connectivity index (χ4n) is 2.26. The lowest BCUT2D eigenvalue weighted by atomic mass is 10.0. The molecule has 0 rings (SSSR count). The molecular weight excluding hydrogens is 280 g/mol. The smallest absolute Gasteiger partial charge is 0.307 e. The highest BCUT2D eigenvalue weighted by molar-refractivity contribution is 5.77. The number of hydrogen-bond donors (Lipinski definition) is 2. The van der Waals surface area contributed by atoms with Gasteiger partial charge in [0.2, 0.25) is 0 Å². The van der Waals surface area contributed by atoms with E-state index in [1.165, 1.54) is 38.5 Å². The van der Waals surface area contributed by atoms with Crippen LogP contribution in [0.5, 0.6) is 0 Å². The van der Waals surface area contributed by atoms with Gasteiger partial charge in [-0.25, -0.2) is 0 Å². The van der Waals surface area contributed by atoms with E-state index in [2.05, 4.69) is 12.2 Å². The SMILES string of the molecule is C/C=C/CCCCCCCC/C=C/CC(CC(=O)O)C(=O)O. The lowest BCUT2D eigenvalue weighted by Crippen LogP contribution is -2.16. The van der Waals surface area contributed by atoms with E-state index in [0.717, 1.165) is 12.8 Å². The summed E-state index contributed by atoms with van der Waals surface area (Å²) in [5.74, 6) is -2.91. The zero-order valence-corrected chi connectivity index (χ0v) is 13.7. The molecule has 0 amide bonds. The van der Waals surface area contributed by atoms with Gasteiger partial charge in [0.05, 0.1) is 12.3 Å². The van der Waals surface area contributed by atoms with Crippen LogP contribution >= 0.6 is 0 Å². The summed E-state index contributed by atoms with van der Waals surface area (Å²) in [6, 6.07) is 0. The molecular formula is C18H30O4. The lowest BCUT2D eigenvalue weighted by Gasteiger charge is -2.05. The molecule has 0 aliphatic rings. The van der Waals surface area contributed by atoms with Crippen LogP contribution < -0.4 is 0 Å². The third-order valence-corrected chi connectivity index (χ3v) is 3.58. The van der Waals surface area contributed by atoms with Crippen molar-refractivity contribution in [2.45, 2.75) is 71.1 Å². The zero-order chi connectivity index (χ0) is 16.6. The Bertz CT molecular complexity index is 358. The lowest BCUT2D eigenvalue weighted by molar-refractivity contribution is -0.148. The second kappa shape index (κ2) is 14.4. The number of allylic oxidation sites excluding steroid dienone is 4. The summed E-state index contributed by atoms with van der Waals surface area (Å²) < 4.78 is 0. The van der Waals surface area contributed by atoms with Gasteiger partial charge in [0.1, 0.15) is 0 Å². The number of aliphatic carboxylic acids is 2. The zero-order valence-electron chi connectivity index (χ0n) is 13.7. The van der Waals surface area contributed by atoms with E-state index in [0.29, 0.717) is 6.42 Å². The molecule has 0 aliphatic carbocycles. The van der Waals surface area contributed by atoms with Crippen molar-refractivity contribution in [2.24, 2.45) is 5.92 Å². The number of hydrogen-bond acceptors (Lipinski definition) is 2. The highest BCUT2D eigenvalue weighted by atomic mass is 16.4. The first-order valence-electron chi connectivity index (χ1n) is 8.28. The normalized spacial score (nSPS) is 13.0. The first kappa shape index (κ1) is 20.4. The highest BCUT2D eigenvalue weighted by Gasteiger charge is 2.18. The van der Waals surface area contributed by atoms with Gasteiger partial charge in [0, 0.05) is 0 Å². The molecule has 0 fully saturated rings. The Morgan fingerprint density at radius 1 is 0.864 bits per heavy atom. The van der Waals surface area contributed by atoms with Gasteiger partial charge in [-0.2, -0.15) is 0 Å². The summed E-state index contributed by atoms with van der Waals surface area (Å²) in [5.41, 5.74) is 0. The van der Waals surface area contributed by atoms with E-state index in [-0.39, 0.29) is 6.42 Å². The van der Waals surface area contributed by atoms with Crippen molar-refractivity contribution in [3.63, 3.8) is 0 Å². The van der Waals surface area contributed by atoms with Crippen molar-refractivity contribution in [1.29, 1.82) is 0 Å². The summed E-state index contributed by atoms with van der Waals surface area (Å²) in [6.07, 6.45) is 17.6. The van der Waals surface area contributed by atoms with Crippen molar-refractivity contribution in [2.75, 3.05) is 0 Å². The Morgan fingerprint density at radius 2 is 1.41 bits per heavy atom. The van der Waals surface area contributed by atoms with E-state index in [4.69, 9.17) is 10.2 Å². The maximum atomic E-state index is 10.9. The topological polar surface area (TPSA) is 74.6 Å². The second-order valence-electron chi connectivity index (χ2n) is 5.61. The molecule has 0 aromatic carbocycles. The van der Waals surface area contributed by atoms with Gasteiger partial charge in [-0.05, 0) is 39.0 Å². The van der Waals surface area contributed by atoms with Crippen LogP contribution in [-0.4, -0.2) is 22.2 Å². The minimum Gasteiger partial charge on any atom is -0.481 e. The Kier molecular flexibility index (Phi) is 13.3. The summed E-state index contributed by atoms with van der Waals surface area (Å²) in [6.45, 7) is 2.05. The van der Waals surface area contributed by atoms with E-state index < -0.39 is 17.9 Å². The number of carboxylic acid groups (broad SMARTS) is 2. The van der Waals surface area contributed by atoms with Gasteiger partial charge in [0.15, 0.2) is 0 Å². The van der Waals surface area contributed by atoms with Gasteiger partial charge >= 0.3 is 11.9 Å². The molecule has 1 unspecified atom stereocenters. The monoisotopic (exact) mass is 310 g/mol. The minimum absolute atomic E-state index is 0.298. The van der Waals surface area contributed by atoms with Crippen molar-refractivity contribution >= 4 is 11.9 Å². The molecule has 0 spiro atoms. The Balaban J connectivity index is 3.53. The molecule has 0 bridgehead atoms. The second-order valence-corrected chi connectivity index (χ2v) is 5.61. The number of unbranched alkanes of at least 4 members (excludes halogenated alkanes) is 7. The van der Waals surface area contributed by atoms with Crippen LogP contribution in [0.25, 0.3) is 0 Å². The average Bonchev–Trinajstić information content (AvgIpc) is 2.46. The molecule has 0 heterocycles. The quantitative estimate of drug-likeness (QED) is 0.357. The third-order valence-electron chi connectivity index (χ3n) is 3.58. The third kappa shape index (κ3) is 13.4. The van der Waals surface area contributed by atoms with Crippen LogP contribution in [0.3, 0.4) is 0 Å². The Labute approximate surface area is 133 Å². The predicted molar refractivity (Wildman–Crippen MR) is 88.9 cm³/mol. The van der Waals surface area contributed by atoms with Gasteiger partial charge in [-0.15, -0.1) is 0 Å². The number of rotatable bonds is 14. The summed E-state index contributed by atoms with van der Waals surface area (Å²) in [7, 11) is 0. The molecule has 0 aromatic rings. The summed E-state index contributed by atoms with van der Waals surface area (Å²) >= 11 is 0. The Morgan fingerprint density at radius 3 is 1.91 bits per heavy atom. The van der Waals surface area contributed by atoms with Gasteiger partial charge in [-0.3, -0.25) is 9.59 Å². The summed E-state index contributed by atoms with van der Waals surface area (Å²) in [5, 5.41) is 17.5. The fraction of sp³-hybridized carbons (Fsp3) is 0.667. The fourth-order valence-corrected chi connectivity index (χ4v) is 2.26. The first-order valence-corrected chi connectivity index (χ1v) is 8.28. The molecule has 4 nitrogen and oxygen atoms in total. The van der Waals surface area contributed by atoms with Crippen LogP contribution in [-0.2, 0) is 9.59 Å². The van der Waals surface area contributed by atoms with E-state index in [1.54, 1.807) is 6.08 Å². The molecule has 126 valence electrons. The van der Waals surface area contributed by atoms with Crippen LogP contribution in [0.1, 0.15) is 71.1 Å². The molecule has 0 saturated heterocycles. The minimum atomic E-state index is -1.06. The van der Waals surface area contributed by atoms with Gasteiger partial charge in [-0.1, -0.05) is 50.0 Å². The van der Waals surface area contributed by atoms with Gasteiger partial charge in [0.25, 0.3) is 0 Å². The van der Waals surface area contributed by atoms with Crippen LogP contribution in [0.15, 0.2) is 24.3 Å². The molecule has 0 radical (unpaired) electrons. The van der Waals surface area contributed by atoms with Crippen molar-refractivity contribution in [3.8, 4) is 0 Å². The van der Waals surface area contributed by atoms with Crippen molar-refractivity contribution in [3.05, 3.63) is 24.3 Å². The maximum Gasteiger partial charge on any atom is 0.307 e. The van der Waals surface area contributed by atoms with Crippen LogP contribution in [0, 0.1) is 5.92 Å². The van der Waals surface area contributed by atoms with E-state index in [9.17, 15) is 9.59 Å². The molecule has 4 heteroatoms. The molecule has 2 N–H and O–H groups in total.